The number of hydrogen-bond acceptors (Lipinski definition) is 3. The summed E-state index contributed by atoms with van der Waals surface area (Å²) in [5.74, 6) is -0.00735. The summed E-state index contributed by atoms with van der Waals surface area (Å²) in [6.45, 7) is 2.16. The molecule has 2 N–H and O–H groups in total. The summed E-state index contributed by atoms with van der Waals surface area (Å²) in [5, 5.41) is 13.7. The molecule has 0 aromatic heterocycles. The Morgan fingerprint density at radius 1 is 1.29 bits per heavy atom. The van der Waals surface area contributed by atoms with Crippen LogP contribution >= 0.6 is 31.9 Å². The molecule has 21 heavy (non-hydrogen) atoms. The second-order valence-electron chi connectivity index (χ2n) is 4.78. The van der Waals surface area contributed by atoms with Gasteiger partial charge in [-0.1, -0.05) is 48.5 Å². The summed E-state index contributed by atoms with van der Waals surface area (Å²) in [7, 11) is 0. The number of nitrogens with zero attached hydrogens (tertiary/aromatic N) is 1. The van der Waals surface area contributed by atoms with Gasteiger partial charge in [-0.15, -0.1) is 0 Å². The molecular formula is C15H20Br2N2O2. The number of phenolic OH excluding ortho intramolecular Hbond substituents is 1. The molecule has 1 rings (SSSR count). The summed E-state index contributed by atoms with van der Waals surface area (Å²) in [6, 6.07) is 3.46. The molecule has 116 valence electrons. The van der Waals surface area contributed by atoms with E-state index in [-0.39, 0.29) is 11.7 Å². The standard InChI is InChI=1S/C15H20Br2N2O2/c1-2-3-4-5-6-7-14(20)19-18-10-11-8-12(16)9-13(17)15(11)21/h8-10,21H,2-7H2,1H3,(H,19,20)/b18-10-. The molecule has 0 aliphatic heterocycles. The van der Waals surface area contributed by atoms with Crippen molar-refractivity contribution in [1.29, 1.82) is 0 Å². The monoisotopic (exact) mass is 418 g/mol. The minimum atomic E-state index is -0.101. The van der Waals surface area contributed by atoms with Crippen molar-refractivity contribution >= 4 is 44.0 Å². The highest BCUT2D eigenvalue weighted by Gasteiger charge is 2.05. The number of phenols is 1. The van der Waals surface area contributed by atoms with Crippen molar-refractivity contribution in [3.63, 3.8) is 0 Å². The van der Waals surface area contributed by atoms with Crippen LogP contribution in [-0.2, 0) is 4.79 Å². The van der Waals surface area contributed by atoms with Gasteiger partial charge in [0.15, 0.2) is 0 Å². The second kappa shape index (κ2) is 9.95. The molecular weight excluding hydrogens is 400 g/mol. The normalized spacial score (nSPS) is 11.0. The highest BCUT2D eigenvalue weighted by atomic mass is 79.9. The number of aromatic hydroxyl groups is 1. The smallest absolute Gasteiger partial charge is 0.240 e. The van der Waals surface area contributed by atoms with E-state index >= 15 is 0 Å². The highest BCUT2D eigenvalue weighted by Crippen LogP contribution is 2.30. The second-order valence-corrected chi connectivity index (χ2v) is 6.55. The van der Waals surface area contributed by atoms with Crippen LogP contribution in [-0.4, -0.2) is 17.2 Å². The Hall–Kier alpha value is -0.880. The predicted octanol–water partition coefficient (Wildman–Crippen LogP) is 4.73. The molecule has 4 nitrogen and oxygen atoms in total. The lowest BCUT2D eigenvalue weighted by Gasteiger charge is -2.03. The van der Waals surface area contributed by atoms with Crippen LogP contribution in [0.15, 0.2) is 26.2 Å². The number of benzene rings is 1. The van der Waals surface area contributed by atoms with Gasteiger partial charge in [0, 0.05) is 16.5 Å². The minimum absolute atomic E-state index is 0.0933. The molecule has 1 amide bonds. The van der Waals surface area contributed by atoms with Gasteiger partial charge in [-0.2, -0.15) is 5.10 Å². The molecule has 6 heteroatoms. The number of hydrazone groups is 1. The zero-order chi connectivity index (χ0) is 15.7. The number of carbonyl (C=O) groups is 1. The van der Waals surface area contributed by atoms with Gasteiger partial charge in [-0.3, -0.25) is 4.79 Å². The summed E-state index contributed by atoms with van der Waals surface area (Å²) in [4.78, 5) is 11.6. The fraction of sp³-hybridized carbons (Fsp3) is 0.467. The lowest BCUT2D eigenvalue weighted by atomic mass is 10.1. The Balaban J connectivity index is 2.39. The van der Waals surface area contributed by atoms with Gasteiger partial charge in [0.25, 0.3) is 0 Å². The zero-order valence-electron chi connectivity index (χ0n) is 12.0. The Bertz CT molecular complexity index is 505. The van der Waals surface area contributed by atoms with Gasteiger partial charge < -0.3 is 5.11 Å². The first-order valence-electron chi connectivity index (χ1n) is 7.04. The van der Waals surface area contributed by atoms with Crippen molar-refractivity contribution in [2.75, 3.05) is 0 Å². The van der Waals surface area contributed by atoms with Crippen molar-refractivity contribution in [2.24, 2.45) is 5.10 Å². The number of nitrogens with one attached hydrogen (secondary N) is 1. The molecule has 1 aromatic rings. The third kappa shape index (κ3) is 7.09. The summed E-state index contributed by atoms with van der Waals surface area (Å²) in [6.07, 6.45) is 7.46. The van der Waals surface area contributed by atoms with E-state index in [0.29, 0.717) is 16.5 Å². The quantitative estimate of drug-likeness (QED) is 0.363. The summed E-state index contributed by atoms with van der Waals surface area (Å²) in [5.41, 5.74) is 3.00. The van der Waals surface area contributed by atoms with E-state index in [1.807, 2.05) is 0 Å². The maximum absolute atomic E-state index is 11.6. The van der Waals surface area contributed by atoms with Crippen molar-refractivity contribution in [3.05, 3.63) is 26.6 Å². The van der Waals surface area contributed by atoms with Crippen LogP contribution in [0.2, 0.25) is 0 Å². The summed E-state index contributed by atoms with van der Waals surface area (Å²) >= 11 is 6.58. The van der Waals surface area contributed by atoms with Gasteiger partial charge in [-0.05, 0) is 34.5 Å². The molecule has 0 fully saturated rings. The minimum Gasteiger partial charge on any atom is -0.506 e. The largest absolute Gasteiger partial charge is 0.506 e. The van der Waals surface area contributed by atoms with Gasteiger partial charge in [-0.25, -0.2) is 5.43 Å². The van der Waals surface area contributed by atoms with E-state index < -0.39 is 0 Å². The van der Waals surface area contributed by atoms with E-state index in [4.69, 9.17) is 0 Å². The van der Waals surface area contributed by atoms with Crippen LogP contribution in [0.3, 0.4) is 0 Å². The fourth-order valence-corrected chi connectivity index (χ4v) is 3.06. The number of unbranched alkanes of at least 4 members (excludes halogenated alkanes) is 4. The molecule has 0 saturated heterocycles. The SMILES string of the molecule is CCCCCCCC(=O)N/N=C\c1cc(Br)cc(Br)c1O. The number of amides is 1. The van der Waals surface area contributed by atoms with E-state index in [1.54, 1.807) is 12.1 Å². The molecule has 1 aromatic carbocycles. The number of halogens is 2. The van der Waals surface area contributed by atoms with E-state index in [2.05, 4.69) is 49.3 Å². The third-order valence-electron chi connectivity index (χ3n) is 2.96. The van der Waals surface area contributed by atoms with Crippen LogP contribution in [0, 0.1) is 0 Å². The highest BCUT2D eigenvalue weighted by molar-refractivity contribution is 9.11. The third-order valence-corrected chi connectivity index (χ3v) is 4.02. The van der Waals surface area contributed by atoms with Crippen molar-refractivity contribution in [3.8, 4) is 5.75 Å². The van der Waals surface area contributed by atoms with Gasteiger partial charge in [0.1, 0.15) is 5.75 Å². The first kappa shape index (κ1) is 18.2. The van der Waals surface area contributed by atoms with Crippen molar-refractivity contribution in [1.82, 2.24) is 5.43 Å². The molecule has 0 bridgehead atoms. The average Bonchev–Trinajstić information content (AvgIpc) is 2.43. The Morgan fingerprint density at radius 3 is 2.71 bits per heavy atom. The van der Waals surface area contributed by atoms with Crippen LogP contribution in [0.4, 0.5) is 0 Å². The number of rotatable bonds is 8. The van der Waals surface area contributed by atoms with Crippen LogP contribution in [0.1, 0.15) is 51.0 Å². The first-order chi connectivity index (χ1) is 10.0. The molecule has 0 aliphatic rings. The van der Waals surface area contributed by atoms with Gasteiger partial charge in [0.05, 0.1) is 10.7 Å². The molecule has 0 heterocycles. The van der Waals surface area contributed by atoms with Crippen LogP contribution in [0.5, 0.6) is 5.75 Å². The van der Waals surface area contributed by atoms with Gasteiger partial charge >= 0.3 is 0 Å². The zero-order valence-corrected chi connectivity index (χ0v) is 15.2. The number of hydrogen-bond donors (Lipinski definition) is 2. The average molecular weight is 420 g/mol. The van der Waals surface area contributed by atoms with E-state index in [1.165, 1.54) is 25.5 Å². The Kier molecular flexibility index (Phi) is 8.61. The lowest BCUT2D eigenvalue weighted by Crippen LogP contribution is -2.16. The van der Waals surface area contributed by atoms with E-state index in [0.717, 1.165) is 17.3 Å². The molecule has 0 spiro atoms. The molecule has 0 unspecified atom stereocenters. The van der Waals surface area contributed by atoms with E-state index in [9.17, 15) is 9.90 Å². The first-order valence-corrected chi connectivity index (χ1v) is 8.63. The maximum atomic E-state index is 11.6. The Labute approximate surface area is 142 Å². The van der Waals surface area contributed by atoms with Crippen molar-refractivity contribution in [2.45, 2.75) is 45.4 Å². The Morgan fingerprint density at radius 2 is 2.00 bits per heavy atom. The lowest BCUT2D eigenvalue weighted by molar-refractivity contribution is -0.121. The number of carbonyl (C=O) groups excluding carboxylic acids is 1. The fourth-order valence-electron chi connectivity index (χ4n) is 1.80. The van der Waals surface area contributed by atoms with Crippen LogP contribution < -0.4 is 5.43 Å². The maximum Gasteiger partial charge on any atom is 0.240 e. The predicted molar refractivity (Wildman–Crippen MR) is 92.6 cm³/mol. The van der Waals surface area contributed by atoms with Crippen molar-refractivity contribution < 1.29 is 9.90 Å². The summed E-state index contributed by atoms with van der Waals surface area (Å²) < 4.78 is 1.39. The molecule has 0 aliphatic carbocycles. The topological polar surface area (TPSA) is 61.7 Å². The molecule has 0 radical (unpaired) electrons. The van der Waals surface area contributed by atoms with Gasteiger partial charge in [0.2, 0.25) is 5.91 Å². The van der Waals surface area contributed by atoms with Crippen LogP contribution in [0.25, 0.3) is 0 Å². The molecule has 0 saturated carbocycles. The molecule has 0 atom stereocenters.